The van der Waals surface area contributed by atoms with Crippen molar-refractivity contribution in [1.82, 2.24) is 15.0 Å². The molecule has 3 heterocycles. The zero-order valence-electron chi connectivity index (χ0n) is 19.0. The number of aliphatic hydroxyl groups excluding tert-OH is 1. The molecular formula is C24H25F3N4O3S. The van der Waals surface area contributed by atoms with Crippen LogP contribution in [-0.2, 0) is 15.7 Å². The van der Waals surface area contributed by atoms with Crippen LogP contribution in [0.5, 0.6) is 0 Å². The third-order valence-corrected chi connectivity index (χ3v) is 7.51. The number of nitrogens with one attached hydrogen (secondary N) is 1. The number of aryl methyl sites for hydroxylation is 1. The summed E-state index contributed by atoms with van der Waals surface area (Å²) in [5.41, 5.74) is 1.29. The Labute approximate surface area is 204 Å². The summed E-state index contributed by atoms with van der Waals surface area (Å²) in [6, 6.07) is 6.40. The van der Waals surface area contributed by atoms with Crippen molar-refractivity contribution < 1.29 is 27.8 Å². The second-order valence-corrected chi connectivity index (χ2v) is 9.99. The largest absolute Gasteiger partial charge is 0.433 e. The number of halogens is 3. The number of anilines is 2. The fourth-order valence-electron chi connectivity index (χ4n) is 4.64. The lowest BCUT2D eigenvalue weighted by atomic mass is 9.82. The average molecular weight is 507 g/mol. The molecule has 7 nitrogen and oxygen atoms in total. The lowest BCUT2D eigenvalue weighted by molar-refractivity contribution is -0.187. The molecule has 1 spiro atoms. The molecule has 186 valence electrons. The first-order valence-corrected chi connectivity index (χ1v) is 12.2. The Bertz CT molecular complexity index is 1190. The minimum absolute atomic E-state index is 0.0835. The van der Waals surface area contributed by atoms with Gasteiger partial charge in [0, 0.05) is 30.9 Å². The van der Waals surface area contributed by atoms with Crippen LogP contribution in [0.2, 0.25) is 0 Å². The summed E-state index contributed by atoms with van der Waals surface area (Å²) >= 11 is 1.41. The first kappa shape index (κ1) is 24.1. The van der Waals surface area contributed by atoms with Crippen LogP contribution in [0.15, 0.2) is 36.7 Å². The number of benzene rings is 1. The summed E-state index contributed by atoms with van der Waals surface area (Å²) < 4.78 is 50.5. The molecule has 1 unspecified atom stereocenters. The van der Waals surface area contributed by atoms with Crippen molar-refractivity contribution in [2.24, 2.45) is 5.92 Å². The standard InChI is InChI=1S/C24H25F3N4O3S/c1-14-10-16(12-17(11-14)30-22-28-7-4-19(31-22)24(25,26)27)18-13-29-21(35-18)20(32)15-2-5-23(6-3-15)33-8-9-34-23/h4,7,10-13,15,20,32H,2-3,5-6,8-9H2,1H3,(H,28,30,31). The van der Waals surface area contributed by atoms with Crippen molar-refractivity contribution in [3.05, 3.63) is 52.9 Å². The van der Waals surface area contributed by atoms with E-state index in [0.717, 1.165) is 54.0 Å². The van der Waals surface area contributed by atoms with E-state index in [1.807, 2.05) is 13.0 Å². The molecule has 35 heavy (non-hydrogen) atoms. The predicted molar refractivity (Wildman–Crippen MR) is 124 cm³/mol. The van der Waals surface area contributed by atoms with Gasteiger partial charge in [0.15, 0.2) is 5.79 Å². The molecule has 1 aliphatic heterocycles. The van der Waals surface area contributed by atoms with E-state index in [1.54, 1.807) is 18.3 Å². The third kappa shape index (κ3) is 5.32. The summed E-state index contributed by atoms with van der Waals surface area (Å²) in [6.45, 7) is 3.13. The van der Waals surface area contributed by atoms with E-state index in [-0.39, 0.29) is 11.9 Å². The summed E-state index contributed by atoms with van der Waals surface area (Å²) in [5, 5.41) is 14.5. The normalized spacial score (nSPS) is 19.2. The summed E-state index contributed by atoms with van der Waals surface area (Å²) in [6.07, 6.45) is 0.687. The van der Waals surface area contributed by atoms with Gasteiger partial charge in [0.25, 0.3) is 0 Å². The Morgan fingerprint density at radius 2 is 1.89 bits per heavy atom. The molecule has 0 radical (unpaired) electrons. The van der Waals surface area contributed by atoms with Crippen molar-refractivity contribution in [3.8, 4) is 10.4 Å². The maximum absolute atomic E-state index is 13.0. The number of nitrogens with zero attached hydrogens (tertiary/aromatic N) is 3. The van der Waals surface area contributed by atoms with Gasteiger partial charge in [-0.05, 0) is 55.0 Å². The Morgan fingerprint density at radius 3 is 2.60 bits per heavy atom. The molecule has 1 aliphatic carbocycles. The van der Waals surface area contributed by atoms with E-state index in [1.165, 1.54) is 11.3 Å². The van der Waals surface area contributed by atoms with E-state index in [4.69, 9.17) is 9.47 Å². The van der Waals surface area contributed by atoms with E-state index in [2.05, 4.69) is 20.3 Å². The van der Waals surface area contributed by atoms with Crippen LogP contribution >= 0.6 is 11.3 Å². The highest BCUT2D eigenvalue weighted by Crippen LogP contribution is 2.44. The van der Waals surface area contributed by atoms with Crippen LogP contribution < -0.4 is 5.32 Å². The highest BCUT2D eigenvalue weighted by atomic mass is 32.1. The summed E-state index contributed by atoms with van der Waals surface area (Å²) in [5.74, 6) is -0.527. The van der Waals surface area contributed by atoms with E-state index in [0.29, 0.717) is 23.9 Å². The monoisotopic (exact) mass is 506 g/mol. The molecule has 3 aromatic rings. The van der Waals surface area contributed by atoms with Gasteiger partial charge < -0.3 is 19.9 Å². The fourth-order valence-corrected chi connectivity index (χ4v) is 5.63. The first-order chi connectivity index (χ1) is 16.7. The molecule has 5 rings (SSSR count). The first-order valence-electron chi connectivity index (χ1n) is 11.4. The molecule has 2 fully saturated rings. The molecule has 1 saturated carbocycles. The molecule has 2 N–H and O–H groups in total. The van der Waals surface area contributed by atoms with Crippen molar-refractivity contribution in [2.75, 3.05) is 18.5 Å². The Hall–Kier alpha value is -2.60. The Morgan fingerprint density at radius 1 is 1.14 bits per heavy atom. The molecule has 1 saturated heterocycles. The molecule has 1 aromatic carbocycles. The van der Waals surface area contributed by atoms with Crippen molar-refractivity contribution in [3.63, 3.8) is 0 Å². The van der Waals surface area contributed by atoms with Gasteiger partial charge >= 0.3 is 6.18 Å². The number of hydrogen-bond acceptors (Lipinski definition) is 8. The Balaban J connectivity index is 1.30. The lowest BCUT2D eigenvalue weighted by Gasteiger charge is -2.36. The topological polar surface area (TPSA) is 89.4 Å². The maximum atomic E-state index is 13.0. The zero-order valence-corrected chi connectivity index (χ0v) is 19.8. The van der Waals surface area contributed by atoms with Crippen molar-refractivity contribution >= 4 is 23.0 Å². The highest BCUT2D eigenvalue weighted by Gasteiger charge is 2.42. The summed E-state index contributed by atoms with van der Waals surface area (Å²) in [4.78, 5) is 12.8. The quantitative estimate of drug-likeness (QED) is 0.463. The van der Waals surface area contributed by atoms with Crippen LogP contribution in [0, 0.1) is 12.8 Å². The number of aromatic nitrogens is 3. The van der Waals surface area contributed by atoms with Gasteiger partial charge in [-0.15, -0.1) is 11.3 Å². The van der Waals surface area contributed by atoms with Crippen LogP contribution in [-0.4, -0.2) is 39.1 Å². The molecule has 1 atom stereocenters. The van der Waals surface area contributed by atoms with Gasteiger partial charge in [-0.1, -0.05) is 6.07 Å². The van der Waals surface area contributed by atoms with Gasteiger partial charge in [0.05, 0.1) is 18.1 Å². The van der Waals surface area contributed by atoms with E-state index >= 15 is 0 Å². The van der Waals surface area contributed by atoms with Crippen LogP contribution in [0.4, 0.5) is 24.8 Å². The van der Waals surface area contributed by atoms with Gasteiger partial charge in [0.1, 0.15) is 16.8 Å². The van der Waals surface area contributed by atoms with Crippen molar-refractivity contribution in [1.29, 1.82) is 0 Å². The van der Waals surface area contributed by atoms with Crippen LogP contribution in [0.1, 0.15) is 48.1 Å². The Kier molecular flexibility index (Phi) is 6.51. The minimum Gasteiger partial charge on any atom is -0.386 e. The van der Waals surface area contributed by atoms with Crippen LogP contribution in [0.3, 0.4) is 0 Å². The number of hydrogen-bond donors (Lipinski definition) is 2. The van der Waals surface area contributed by atoms with E-state index in [9.17, 15) is 18.3 Å². The number of rotatable bonds is 5. The smallest absolute Gasteiger partial charge is 0.386 e. The fraction of sp³-hybridized carbons (Fsp3) is 0.458. The molecular weight excluding hydrogens is 481 g/mol. The maximum Gasteiger partial charge on any atom is 0.433 e. The molecule has 11 heteroatoms. The number of ether oxygens (including phenoxy) is 2. The van der Waals surface area contributed by atoms with Gasteiger partial charge in [0.2, 0.25) is 5.95 Å². The molecule has 2 aliphatic rings. The number of aliphatic hydroxyl groups is 1. The third-order valence-electron chi connectivity index (χ3n) is 6.39. The van der Waals surface area contributed by atoms with Crippen molar-refractivity contribution in [2.45, 2.75) is 50.7 Å². The number of alkyl halides is 3. The summed E-state index contributed by atoms with van der Waals surface area (Å²) in [7, 11) is 0. The second-order valence-electron chi connectivity index (χ2n) is 8.93. The van der Waals surface area contributed by atoms with Gasteiger partial charge in [-0.2, -0.15) is 13.2 Å². The van der Waals surface area contributed by atoms with Crippen LogP contribution in [0.25, 0.3) is 10.4 Å². The van der Waals surface area contributed by atoms with E-state index < -0.39 is 23.8 Å². The van der Waals surface area contributed by atoms with Gasteiger partial charge in [-0.3, -0.25) is 0 Å². The SMILES string of the molecule is Cc1cc(Nc2nccc(C(F)(F)F)n2)cc(-c2cnc(C(O)C3CCC4(CC3)OCCO4)s2)c1. The number of thiazole rings is 1. The molecule has 0 amide bonds. The molecule has 0 bridgehead atoms. The minimum atomic E-state index is -4.55. The predicted octanol–water partition coefficient (Wildman–Crippen LogP) is 5.64. The highest BCUT2D eigenvalue weighted by molar-refractivity contribution is 7.15. The molecule has 2 aromatic heterocycles. The second kappa shape index (κ2) is 9.45. The lowest BCUT2D eigenvalue weighted by Crippen LogP contribution is -2.36. The zero-order chi connectivity index (χ0) is 24.6. The van der Waals surface area contributed by atoms with Gasteiger partial charge in [-0.25, -0.2) is 15.0 Å². The average Bonchev–Trinajstić information content (AvgIpc) is 3.49.